The highest BCUT2D eigenvalue weighted by Crippen LogP contribution is 2.23. The largest absolute Gasteiger partial charge is 0.488 e. The molecule has 1 fully saturated rings. The zero-order valence-electron chi connectivity index (χ0n) is 21.9. The number of nitrogens with zero attached hydrogens (tertiary/aromatic N) is 2. The van der Waals surface area contributed by atoms with Crippen LogP contribution in [0, 0.1) is 6.92 Å². The van der Waals surface area contributed by atoms with Crippen molar-refractivity contribution in [2.75, 3.05) is 26.2 Å². The Kier molecular flexibility index (Phi) is 7.83. The van der Waals surface area contributed by atoms with Crippen LogP contribution in [0.25, 0.3) is 0 Å². The average molecular weight is 519 g/mol. The minimum atomic E-state index is -0.0860. The minimum Gasteiger partial charge on any atom is -0.488 e. The Labute approximate surface area is 228 Å². The molecule has 0 atom stereocenters. The average Bonchev–Trinajstić information content (AvgIpc) is 3.00. The molecule has 0 spiro atoms. The predicted molar refractivity (Wildman–Crippen MR) is 150 cm³/mol. The Morgan fingerprint density at radius 1 is 0.615 bits per heavy atom. The smallest absolute Gasteiger partial charge is 0.253 e. The van der Waals surface area contributed by atoms with Gasteiger partial charge < -0.3 is 14.5 Å². The summed E-state index contributed by atoms with van der Waals surface area (Å²) in [5.74, 6) is 0.376. The number of carbonyl (C=O) groups is 3. The maximum atomic E-state index is 13.1. The first-order valence-electron chi connectivity index (χ1n) is 13.1. The Hall–Kier alpha value is -4.71. The molecule has 0 N–H and O–H groups in total. The van der Waals surface area contributed by atoms with Gasteiger partial charge in [-0.15, -0.1) is 0 Å². The summed E-state index contributed by atoms with van der Waals surface area (Å²) in [4.78, 5) is 42.4. The number of carbonyl (C=O) groups excluding carboxylic acids is 3. The van der Waals surface area contributed by atoms with Gasteiger partial charge in [0.05, 0.1) is 5.56 Å². The summed E-state index contributed by atoms with van der Waals surface area (Å²) in [5, 5.41) is 0. The second-order valence-electron chi connectivity index (χ2n) is 9.63. The fourth-order valence-corrected chi connectivity index (χ4v) is 4.60. The molecule has 6 heteroatoms. The van der Waals surface area contributed by atoms with E-state index in [1.54, 1.807) is 34.1 Å². The monoisotopic (exact) mass is 518 g/mol. The Balaban J connectivity index is 1.17. The highest BCUT2D eigenvalue weighted by Gasteiger charge is 2.25. The van der Waals surface area contributed by atoms with Crippen LogP contribution in [0.2, 0.25) is 0 Å². The summed E-state index contributed by atoms with van der Waals surface area (Å²) in [6, 6.07) is 31.3. The van der Waals surface area contributed by atoms with Crippen molar-refractivity contribution < 1.29 is 19.1 Å². The van der Waals surface area contributed by atoms with Gasteiger partial charge >= 0.3 is 0 Å². The van der Waals surface area contributed by atoms with Crippen LogP contribution in [-0.4, -0.2) is 53.6 Å². The molecular weight excluding hydrogens is 488 g/mol. The maximum Gasteiger partial charge on any atom is 0.253 e. The van der Waals surface area contributed by atoms with Crippen LogP contribution in [0.5, 0.6) is 5.75 Å². The van der Waals surface area contributed by atoms with Gasteiger partial charge in [0.25, 0.3) is 11.8 Å². The second-order valence-corrected chi connectivity index (χ2v) is 9.63. The van der Waals surface area contributed by atoms with Gasteiger partial charge in [-0.3, -0.25) is 14.4 Å². The van der Waals surface area contributed by atoms with Crippen LogP contribution >= 0.6 is 0 Å². The number of ketones is 1. The van der Waals surface area contributed by atoms with Crippen LogP contribution in [0.3, 0.4) is 0 Å². The molecule has 0 aromatic heterocycles. The summed E-state index contributed by atoms with van der Waals surface area (Å²) >= 11 is 0. The molecule has 0 bridgehead atoms. The van der Waals surface area contributed by atoms with E-state index in [2.05, 4.69) is 0 Å². The third-order valence-electron chi connectivity index (χ3n) is 6.92. The van der Waals surface area contributed by atoms with Crippen LogP contribution in [0.1, 0.15) is 47.8 Å². The van der Waals surface area contributed by atoms with E-state index >= 15 is 0 Å². The third kappa shape index (κ3) is 6.07. The van der Waals surface area contributed by atoms with Crippen LogP contribution in [0.15, 0.2) is 103 Å². The molecule has 5 rings (SSSR count). The van der Waals surface area contributed by atoms with E-state index in [1.165, 1.54) is 0 Å². The lowest BCUT2D eigenvalue weighted by atomic mass is 10.0. The van der Waals surface area contributed by atoms with Gasteiger partial charge in [-0.05, 0) is 48.9 Å². The third-order valence-corrected chi connectivity index (χ3v) is 6.92. The van der Waals surface area contributed by atoms with E-state index in [1.807, 2.05) is 85.8 Å². The molecule has 4 aromatic carbocycles. The van der Waals surface area contributed by atoms with Crippen molar-refractivity contribution in [3.63, 3.8) is 0 Å². The second kappa shape index (κ2) is 11.8. The van der Waals surface area contributed by atoms with E-state index < -0.39 is 0 Å². The molecule has 39 heavy (non-hydrogen) atoms. The van der Waals surface area contributed by atoms with Gasteiger partial charge in [0.1, 0.15) is 12.4 Å². The molecule has 4 aromatic rings. The van der Waals surface area contributed by atoms with Crippen molar-refractivity contribution in [2.24, 2.45) is 0 Å². The summed E-state index contributed by atoms with van der Waals surface area (Å²) in [6.45, 7) is 4.26. The lowest BCUT2D eigenvalue weighted by Gasteiger charge is -2.35. The first kappa shape index (κ1) is 25.9. The van der Waals surface area contributed by atoms with E-state index in [4.69, 9.17) is 4.74 Å². The number of amides is 2. The number of para-hydroxylation sites is 1. The molecule has 1 saturated heterocycles. The summed E-state index contributed by atoms with van der Waals surface area (Å²) in [7, 11) is 0. The summed E-state index contributed by atoms with van der Waals surface area (Å²) in [5.41, 5.74) is 4.37. The maximum absolute atomic E-state index is 13.1. The number of hydrogen-bond donors (Lipinski definition) is 0. The molecule has 196 valence electrons. The van der Waals surface area contributed by atoms with Crippen LogP contribution < -0.4 is 4.74 Å². The summed E-state index contributed by atoms with van der Waals surface area (Å²) in [6.07, 6.45) is 0. The fourth-order valence-electron chi connectivity index (χ4n) is 4.60. The first-order valence-corrected chi connectivity index (χ1v) is 13.1. The predicted octanol–water partition coefficient (Wildman–Crippen LogP) is 5.40. The lowest BCUT2D eigenvalue weighted by molar-refractivity contribution is 0.0535. The Morgan fingerprint density at radius 2 is 1.13 bits per heavy atom. The Bertz CT molecular complexity index is 1460. The molecule has 0 aliphatic carbocycles. The van der Waals surface area contributed by atoms with Gasteiger partial charge in [-0.1, -0.05) is 72.3 Å². The van der Waals surface area contributed by atoms with Gasteiger partial charge in [0.2, 0.25) is 0 Å². The van der Waals surface area contributed by atoms with Crippen molar-refractivity contribution >= 4 is 17.6 Å². The molecule has 1 aliphatic heterocycles. The zero-order valence-corrected chi connectivity index (χ0v) is 21.9. The number of piperazine rings is 1. The zero-order chi connectivity index (χ0) is 27.2. The minimum absolute atomic E-state index is 0.00538. The number of ether oxygens (including phenoxy) is 1. The van der Waals surface area contributed by atoms with E-state index in [-0.39, 0.29) is 24.2 Å². The van der Waals surface area contributed by atoms with E-state index in [0.29, 0.717) is 54.2 Å². The first-order chi connectivity index (χ1) is 19.0. The highest BCUT2D eigenvalue weighted by atomic mass is 16.5. The molecule has 1 aliphatic rings. The molecule has 6 nitrogen and oxygen atoms in total. The normalized spacial score (nSPS) is 13.2. The molecule has 1 heterocycles. The van der Waals surface area contributed by atoms with Gasteiger partial charge in [0, 0.05) is 42.9 Å². The van der Waals surface area contributed by atoms with Crippen molar-refractivity contribution in [3.05, 3.63) is 137 Å². The molecule has 0 saturated carbocycles. The molecule has 2 amide bonds. The van der Waals surface area contributed by atoms with Gasteiger partial charge in [-0.2, -0.15) is 0 Å². The van der Waals surface area contributed by atoms with Gasteiger partial charge in [0.15, 0.2) is 5.78 Å². The Morgan fingerprint density at radius 3 is 1.74 bits per heavy atom. The molecular formula is C33H30N2O4. The molecule has 0 unspecified atom stereocenters. The van der Waals surface area contributed by atoms with Crippen molar-refractivity contribution in [1.82, 2.24) is 9.80 Å². The van der Waals surface area contributed by atoms with E-state index in [9.17, 15) is 14.4 Å². The highest BCUT2D eigenvalue weighted by molar-refractivity contribution is 6.10. The van der Waals surface area contributed by atoms with Crippen molar-refractivity contribution in [3.8, 4) is 5.75 Å². The van der Waals surface area contributed by atoms with E-state index in [0.717, 1.165) is 11.1 Å². The molecule has 0 radical (unpaired) electrons. The number of hydrogen-bond acceptors (Lipinski definition) is 4. The quantitative estimate of drug-likeness (QED) is 0.307. The van der Waals surface area contributed by atoms with Crippen molar-refractivity contribution in [2.45, 2.75) is 13.5 Å². The van der Waals surface area contributed by atoms with Gasteiger partial charge in [-0.25, -0.2) is 0 Å². The number of aryl methyl sites for hydroxylation is 1. The SMILES string of the molecule is Cc1ccc(C(=O)c2ccccc2OCc2ccc(C(=O)N3CCN(C(=O)c4ccccc4)CC3)cc2)cc1. The number of rotatable bonds is 7. The lowest BCUT2D eigenvalue weighted by Crippen LogP contribution is -2.50. The summed E-state index contributed by atoms with van der Waals surface area (Å²) < 4.78 is 6.02. The number of benzene rings is 4. The van der Waals surface area contributed by atoms with Crippen LogP contribution in [0.4, 0.5) is 0 Å². The van der Waals surface area contributed by atoms with Crippen molar-refractivity contribution in [1.29, 1.82) is 0 Å². The van der Waals surface area contributed by atoms with Crippen LogP contribution in [-0.2, 0) is 6.61 Å². The fraction of sp³-hybridized carbons (Fsp3) is 0.182. The standard InChI is InChI=1S/C33H30N2O4/c1-24-11-15-26(16-12-24)31(36)29-9-5-6-10-30(29)39-23-25-13-17-28(18-14-25)33(38)35-21-19-34(20-22-35)32(37)27-7-3-2-4-8-27/h2-18H,19-23H2,1H3. The topological polar surface area (TPSA) is 66.9 Å².